The number of rotatable bonds is 12. The molecule has 306 valence electrons. The van der Waals surface area contributed by atoms with Gasteiger partial charge in [0.15, 0.2) is 29.1 Å². The van der Waals surface area contributed by atoms with Crippen molar-refractivity contribution in [3.05, 3.63) is 90.0 Å². The van der Waals surface area contributed by atoms with E-state index in [4.69, 9.17) is 9.47 Å². The quantitative estimate of drug-likeness (QED) is 0.174. The lowest BCUT2D eigenvalue weighted by Gasteiger charge is -2.63. The Morgan fingerprint density at radius 3 is 2.43 bits per heavy atom. The minimum atomic E-state index is -2.33. The number of alkyl halides is 2. The molecule has 2 aromatic rings. The van der Waals surface area contributed by atoms with Gasteiger partial charge >= 0.3 is 0 Å². The number of imide groups is 1. The first kappa shape index (κ1) is 40.4. The van der Waals surface area contributed by atoms with E-state index in [0.717, 1.165) is 15.9 Å². The summed E-state index contributed by atoms with van der Waals surface area (Å²) < 4.78 is 46.7. The summed E-state index contributed by atoms with van der Waals surface area (Å²) in [7, 11) is 0. The Bertz CT molecular complexity index is 2130. The first-order valence-corrected chi connectivity index (χ1v) is 20.6. The number of nitrogens with zero attached hydrogens (tertiary/aromatic N) is 1. The number of aliphatic hydroxyl groups is 2. The van der Waals surface area contributed by atoms with Crippen LogP contribution in [0.3, 0.4) is 0 Å². The Labute approximate surface area is 338 Å². The maximum absolute atomic E-state index is 17.7. The second-order valence-corrected chi connectivity index (χ2v) is 17.9. The maximum atomic E-state index is 17.7. The summed E-state index contributed by atoms with van der Waals surface area (Å²) in [6, 6.07) is 14.8. The molecule has 2 aliphatic heterocycles. The van der Waals surface area contributed by atoms with Gasteiger partial charge in [-0.2, -0.15) is 0 Å². The molecule has 0 aromatic heterocycles. The van der Waals surface area contributed by atoms with Gasteiger partial charge < -0.3 is 25.0 Å². The number of carbonyl (C=O) groups is 5. The molecule has 4 fully saturated rings. The van der Waals surface area contributed by atoms with E-state index in [-0.39, 0.29) is 42.6 Å². The number of halogens is 2. The smallest absolute Gasteiger partial charge is 0.253 e. The standard InChI is InChI=1S/C44H46F2N2O9S/c1-41-17-16-27(50)20-32(41)33(45)21-31-30-22-36-44(35(52)24-49,42(30,2)23-34(51)43(31,41)46)57-40(56-36)25-10-12-28(13-11-25)58-29-8-6-7-26(19-29)47-37(53)9-4-3-5-18-48-38(54)14-15-39(48)55/h6-8,10-17,19-20,30-31,33-34,36,40,49,51H,3-5,9,18,21-24H2,1-2H3,(H,47,53)/t30-,31-,33-,34-,36+,40+,41-,42-,43-,44+/m0/s1. The molecule has 6 aliphatic rings. The molecule has 14 heteroatoms. The van der Waals surface area contributed by atoms with Crippen molar-refractivity contribution in [3.63, 3.8) is 0 Å². The van der Waals surface area contributed by atoms with Crippen LogP contribution >= 0.6 is 11.8 Å². The lowest BCUT2D eigenvalue weighted by Crippen LogP contribution is -2.70. The number of hydrogen-bond donors (Lipinski definition) is 3. The van der Waals surface area contributed by atoms with Gasteiger partial charge in [-0.05, 0) is 93.0 Å². The van der Waals surface area contributed by atoms with Gasteiger partial charge in [-0.15, -0.1) is 0 Å². The molecule has 0 bridgehead atoms. The summed E-state index contributed by atoms with van der Waals surface area (Å²) in [6.07, 6.45) is 2.95. The number of nitrogens with one attached hydrogen (secondary N) is 1. The van der Waals surface area contributed by atoms with Crippen LogP contribution in [0.4, 0.5) is 14.5 Å². The third-order valence-corrected chi connectivity index (χ3v) is 14.6. The highest BCUT2D eigenvalue weighted by Crippen LogP contribution is 2.72. The van der Waals surface area contributed by atoms with E-state index < -0.39 is 76.8 Å². The van der Waals surface area contributed by atoms with Crippen LogP contribution in [-0.2, 0) is 33.4 Å². The van der Waals surface area contributed by atoms with Gasteiger partial charge in [0.2, 0.25) is 5.91 Å². The van der Waals surface area contributed by atoms with Crippen LogP contribution < -0.4 is 5.32 Å². The molecule has 0 unspecified atom stereocenters. The lowest BCUT2D eigenvalue weighted by atomic mass is 9.44. The van der Waals surface area contributed by atoms with Gasteiger partial charge in [-0.25, -0.2) is 8.78 Å². The van der Waals surface area contributed by atoms with E-state index in [0.29, 0.717) is 43.5 Å². The number of hydrogen-bond acceptors (Lipinski definition) is 10. The van der Waals surface area contributed by atoms with E-state index in [9.17, 15) is 34.2 Å². The number of ketones is 2. The van der Waals surface area contributed by atoms with Crippen molar-refractivity contribution in [2.75, 3.05) is 18.5 Å². The van der Waals surface area contributed by atoms with Crippen LogP contribution in [0.2, 0.25) is 0 Å². The molecule has 2 aromatic carbocycles. The zero-order chi connectivity index (χ0) is 41.2. The summed E-state index contributed by atoms with van der Waals surface area (Å²) in [5, 5.41) is 25.0. The molecular formula is C44H46F2N2O9S. The normalized spacial score (nSPS) is 36.0. The highest BCUT2D eigenvalue weighted by Gasteiger charge is 2.80. The molecule has 3 amide bonds. The minimum Gasteiger partial charge on any atom is -0.390 e. The third-order valence-electron chi connectivity index (χ3n) is 13.6. The number of unbranched alkanes of at least 4 members (excludes halogenated alkanes) is 2. The van der Waals surface area contributed by atoms with Gasteiger partial charge in [-0.3, -0.25) is 28.9 Å². The predicted octanol–water partition coefficient (Wildman–Crippen LogP) is 5.90. The summed E-state index contributed by atoms with van der Waals surface area (Å²) in [5.41, 5.74) is -5.59. The second kappa shape index (κ2) is 15.0. The SMILES string of the molecule is C[C@]12C=CC(=O)C=C1[C@@H](F)C[C@H]1[C@@H]3C[C@H]4O[C@@H](c5ccc(Sc6cccc(NC(=O)CCCCCN7C(=O)C=CC7=O)c6)cc5)O[C@@]4(C(=O)CO)[C@@]3(C)C[C@H](O)[C@@]12F. The number of fused-ring (bicyclic) bond motifs is 7. The third kappa shape index (κ3) is 6.34. The monoisotopic (exact) mass is 816 g/mol. The number of ether oxygens (including phenoxy) is 2. The molecule has 4 aliphatic carbocycles. The zero-order valence-corrected chi connectivity index (χ0v) is 33.0. The van der Waals surface area contributed by atoms with Crippen LogP contribution in [-0.4, -0.2) is 87.2 Å². The Kier molecular flexibility index (Phi) is 10.5. The Morgan fingerprint density at radius 1 is 0.966 bits per heavy atom. The Balaban J connectivity index is 0.918. The van der Waals surface area contributed by atoms with Crippen molar-refractivity contribution in [3.8, 4) is 0 Å². The molecule has 11 nitrogen and oxygen atoms in total. The molecule has 3 N–H and O–H groups in total. The first-order chi connectivity index (χ1) is 27.6. The van der Waals surface area contributed by atoms with Crippen LogP contribution in [0, 0.1) is 22.7 Å². The fraction of sp³-hybridized carbons (Fsp3) is 0.477. The number of anilines is 1. The zero-order valence-electron chi connectivity index (χ0n) is 32.2. The Morgan fingerprint density at radius 2 is 1.71 bits per heavy atom. The van der Waals surface area contributed by atoms with Crippen molar-refractivity contribution in [1.29, 1.82) is 0 Å². The van der Waals surface area contributed by atoms with Gasteiger partial charge in [0.05, 0.1) is 12.2 Å². The molecule has 8 rings (SSSR count). The largest absolute Gasteiger partial charge is 0.390 e. The molecule has 10 atom stereocenters. The number of benzene rings is 2. The summed E-state index contributed by atoms with van der Waals surface area (Å²) >= 11 is 1.47. The van der Waals surface area contributed by atoms with Crippen molar-refractivity contribution < 1.29 is 52.4 Å². The van der Waals surface area contributed by atoms with Crippen molar-refractivity contribution in [2.45, 2.75) is 105 Å². The van der Waals surface area contributed by atoms with Crippen LogP contribution in [0.15, 0.2) is 94.3 Å². The molecule has 3 saturated carbocycles. The highest BCUT2D eigenvalue weighted by atomic mass is 32.2. The van der Waals surface area contributed by atoms with E-state index in [1.807, 2.05) is 42.5 Å². The maximum Gasteiger partial charge on any atom is 0.253 e. The molecule has 0 radical (unpaired) electrons. The topological polar surface area (TPSA) is 160 Å². The second-order valence-electron chi connectivity index (χ2n) is 16.7. The minimum absolute atomic E-state index is 0.0146. The molecular weight excluding hydrogens is 771 g/mol. The fourth-order valence-corrected chi connectivity index (χ4v) is 11.7. The molecule has 1 saturated heterocycles. The fourth-order valence-electron chi connectivity index (χ4n) is 10.8. The molecule has 58 heavy (non-hydrogen) atoms. The van der Waals surface area contributed by atoms with Gasteiger partial charge in [0.1, 0.15) is 12.8 Å². The van der Waals surface area contributed by atoms with E-state index in [1.165, 1.54) is 47.9 Å². The van der Waals surface area contributed by atoms with Gasteiger partial charge in [-0.1, -0.05) is 49.4 Å². The summed E-state index contributed by atoms with van der Waals surface area (Å²) in [4.78, 5) is 65.0. The van der Waals surface area contributed by atoms with Gasteiger partial charge in [0.25, 0.3) is 11.8 Å². The van der Waals surface area contributed by atoms with Crippen LogP contribution in [0.25, 0.3) is 0 Å². The predicted molar refractivity (Wildman–Crippen MR) is 208 cm³/mol. The van der Waals surface area contributed by atoms with E-state index in [1.54, 1.807) is 13.0 Å². The van der Waals surface area contributed by atoms with E-state index >= 15 is 8.78 Å². The van der Waals surface area contributed by atoms with Crippen molar-refractivity contribution in [1.82, 2.24) is 4.90 Å². The first-order valence-electron chi connectivity index (χ1n) is 19.8. The van der Waals surface area contributed by atoms with Crippen LogP contribution in [0.1, 0.15) is 70.6 Å². The summed E-state index contributed by atoms with van der Waals surface area (Å²) in [5.74, 6) is -3.51. The van der Waals surface area contributed by atoms with Crippen molar-refractivity contribution >= 4 is 46.7 Å². The average molecular weight is 817 g/mol. The number of aliphatic hydroxyl groups excluding tert-OH is 2. The highest BCUT2D eigenvalue weighted by molar-refractivity contribution is 7.99. The van der Waals surface area contributed by atoms with Gasteiger partial charge in [0, 0.05) is 62.9 Å². The van der Waals surface area contributed by atoms with E-state index in [2.05, 4.69) is 5.32 Å². The van der Waals surface area contributed by atoms with Crippen molar-refractivity contribution in [2.24, 2.45) is 22.7 Å². The number of allylic oxidation sites excluding steroid dienone is 4. The number of Topliss-reactive ketones (excluding diaryl/α,β-unsaturated/α-hetero) is 1. The average Bonchev–Trinajstić information content (AvgIpc) is 3.82. The summed E-state index contributed by atoms with van der Waals surface area (Å²) in [6.45, 7) is 2.74. The van der Waals surface area contributed by atoms with Crippen LogP contribution in [0.5, 0.6) is 0 Å². The lowest BCUT2D eigenvalue weighted by molar-refractivity contribution is -0.235. The number of amides is 3. The molecule has 0 spiro atoms. The Hall–Kier alpha value is -4.34. The number of carbonyl (C=O) groups excluding carboxylic acids is 5. The molecule has 2 heterocycles.